The summed E-state index contributed by atoms with van der Waals surface area (Å²) >= 11 is 0. The minimum Gasteiger partial charge on any atom is -0.423 e. The van der Waals surface area contributed by atoms with Gasteiger partial charge in [-0.3, -0.25) is 0 Å². The standard InChI is InChI=1S/C16H21N3O/c17-12-4-3-5-13-14(12)18-15(20-13)19-10-8-16(9-11-19)6-1-2-7-16/h3-5H,1-2,6-11,17H2. The zero-order valence-electron chi connectivity index (χ0n) is 11.8. The van der Waals surface area contributed by atoms with E-state index in [0.717, 1.165) is 30.2 Å². The molecule has 0 unspecified atom stereocenters. The van der Waals surface area contributed by atoms with Crippen molar-refractivity contribution in [2.45, 2.75) is 38.5 Å². The van der Waals surface area contributed by atoms with E-state index in [-0.39, 0.29) is 0 Å². The Morgan fingerprint density at radius 3 is 2.55 bits per heavy atom. The number of hydrogen-bond donors (Lipinski definition) is 1. The van der Waals surface area contributed by atoms with Crippen LogP contribution in [0.5, 0.6) is 0 Å². The van der Waals surface area contributed by atoms with Crippen LogP contribution in [0, 0.1) is 5.41 Å². The number of anilines is 2. The molecule has 2 aromatic rings. The van der Waals surface area contributed by atoms with Crippen molar-refractivity contribution in [3.8, 4) is 0 Å². The molecule has 1 spiro atoms. The molecule has 4 heteroatoms. The highest BCUT2D eigenvalue weighted by atomic mass is 16.4. The number of nitrogen functional groups attached to an aromatic ring is 1. The average Bonchev–Trinajstić information content (AvgIpc) is 3.08. The zero-order chi connectivity index (χ0) is 13.6. The van der Waals surface area contributed by atoms with Crippen LogP contribution in [0.2, 0.25) is 0 Å². The zero-order valence-corrected chi connectivity index (χ0v) is 11.8. The van der Waals surface area contributed by atoms with E-state index in [1.165, 1.54) is 38.5 Å². The van der Waals surface area contributed by atoms with Crippen LogP contribution in [0.3, 0.4) is 0 Å². The van der Waals surface area contributed by atoms with Crippen molar-refractivity contribution in [3.05, 3.63) is 18.2 Å². The van der Waals surface area contributed by atoms with E-state index >= 15 is 0 Å². The summed E-state index contributed by atoms with van der Waals surface area (Å²) in [6.45, 7) is 2.12. The van der Waals surface area contributed by atoms with Crippen LogP contribution in [0.4, 0.5) is 11.7 Å². The minimum absolute atomic E-state index is 0.627. The largest absolute Gasteiger partial charge is 0.423 e. The summed E-state index contributed by atoms with van der Waals surface area (Å²) in [6.07, 6.45) is 8.23. The summed E-state index contributed by atoms with van der Waals surface area (Å²) in [4.78, 5) is 6.87. The van der Waals surface area contributed by atoms with E-state index in [0.29, 0.717) is 11.1 Å². The SMILES string of the molecule is Nc1cccc2oc(N3CCC4(CCCC4)CC3)nc12. The molecule has 1 aliphatic carbocycles. The second kappa shape index (κ2) is 4.40. The molecule has 1 aromatic heterocycles. The third-order valence-corrected chi connectivity index (χ3v) is 5.20. The Morgan fingerprint density at radius 2 is 1.85 bits per heavy atom. The van der Waals surface area contributed by atoms with Gasteiger partial charge in [-0.15, -0.1) is 0 Å². The Kier molecular flexibility index (Phi) is 2.65. The summed E-state index contributed by atoms with van der Waals surface area (Å²) in [6, 6.07) is 6.46. The maximum atomic E-state index is 5.95. The fourth-order valence-electron chi connectivity index (χ4n) is 3.89. The molecule has 4 nitrogen and oxygen atoms in total. The molecule has 2 heterocycles. The monoisotopic (exact) mass is 271 g/mol. The number of aromatic nitrogens is 1. The molecule has 20 heavy (non-hydrogen) atoms. The second-order valence-electron chi connectivity index (χ2n) is 6.38. The number of para-hydroxylation sites is 1. The van der Waals surface area contributed by atoms with Crippen LogP contribution in [0.1, 0.15) is 38.5 Å². The topological polar surface area (TPSA) is 55.3 Å². The first-order valence-corrected chi connectivity index (χ1v) is 7.66. The highest BCUT2D eigenvalue weighted by Crippen LogP contribution is 2.46. The highest BCUT2D eigenvalue weighted by molar-refractivity contribution is 5.86. The number of hydrogen-bond acceptors (Lipinski definition) is 4. The predicted molar refractivity (Wildman–Crippen MR) is 80.8 cm³/mol. The summed E-state index contributed by atoms with van der Waals surface area (Å²) in [5.74, 6) is 0. The lowest BCUT2D eigenvalue weighted by molar-refractivity contribution is 0.223. The van der Waals surface area contributed by atoms with Crippen molar-refractivity contribution >= 4 is 22.8 Å². The van der Waals surface area contributed by atoms with Gasteiger partial charge in [0.2, 0.25) is 0 Å². The van der Waals surface area contributed by atoms with Crippen LogP contribution in [-0.2, 0) is 0 Å². The van der Waals surface area contributed by atoms with Crippen LogP contribution in [0.15, 0.2) is 22.6 Å². The van der Waals surface area contributed by atoms with Gasteiger partial charge in [0.1, 0.15) is 5.52 Å². The number of nitrogens with two attached hydrogens (primary N) is 1. The molecule has 0 amide bonds. The molecule has 1 aliphatic heterocycles. The molecule has 0 atom stereocenters. The Hall–Kier alpha value is -1.71. The van der Waals surface area contributed by atoms with Crippen molar-refractivity contribution in [3.63, 3.8) is 0 Å². The van der Waals surface area contributed by atoms with Crippen molar-refractivity contribution < 1.29 is 4.42 Å². The Morgan fingerprint density at radius 1 is 1.10 bits per heavy atom. The molecule has 0 bridgehead atoms. The van der Waals surface area contributed by atoms with Gasteiger partial charge in [0.05, 0.1) is 5.69 Å². The van der Waals surface area contributed by atoms with Gasteiger partial charge in [-0.05, 0) is 43.2 Å². The Balaban J connectivity index is 1.57. The number of nitrogens with zero attached hydrogens (tertiary/aromatic N) is 2. The van der Waals surface area contributed by atoms with E-state index in [1.54, 1.807) is 0 Å². The van der Waals surface area contributed by atoms with E-state index < -0.39 is 0 Å². The third-order valence-electron chi connectivity index (χ3n) is 5.20. The fourth-order valence-corrected chi connectivity index (χ4v) is 3.89. The van der Waals surface area contributed by atoms with Crippen molar-refractivity contribution in [2.24, 2.45) is 5.41 Å². The van der Waals surface area contributed by atoms with Gasteiger partial charge in [-0.2, -0.15) is 4.98 Å². The van der Waals surface area contributed by atoms with Gasteiger partial charge in [-0.1, -0.05) is 18.9 Å². The predicted octanol–water partition coefficient (Wildman–Crippen LogP) is 3.57. The molecule has 0 radical (unpaired) electrons. The summed E-state index contributed by atoms with van der Waals surface area (Å²) in [7, 11) is 0. The number of fused-ring (bicyclic) bond motifs is 1. The molecule has 1 saturated carbocycles. The quantitative estimate of drug-likeness (QED) is 0.806. The summed E-state index contributed by atoms with van der Waals surface area (Å²) in [5, 5.41) is 0. The van der Waals surface area contributed by atoms with Gasteiger partial charge in [-0.25, -0.2) is 0 Å². The van der Waals surface area contributed by atoms with E-state index in [9.17, 15) is 0 Å². The molecule has 2 fully saturated rings. The van der Waals surface area contributed by atoms with Crippen LogP contribution < -0.4 is 10.6 Å². The van der Waals surface area contributed by atoms with Gasteiger partial charge in [0.15, 0.2) is 5.58 Å². The number of piperidine rings is 1. The second-order valence-corrected chi connectivity index (χ2v) is 6.38. The first-order valence-electron chi connectivity index (χ1n) is 7.66. The van der Waals surface area contributed by atoms with Crippen LogP contribution >= 0.6 is 0 Å². The van der Waals surface area contributed by atoms with Crippen molar-refractivity contribution in [2.75, 3.05) is 23.7 Å². The number of benzene rings is 1. The summed E-state index contributed by atoms with van der Waals surface area (Å²) in [5.41, 5.74) is 8.86. The lowest BCUT2D eigenvalue weighted by atomic mass is 9.77. The highest BCUT2D eigenvalue weighted by Gasteiger charge is 2.37. The Labute approximate surface area is 118 Å². The van der Waals surface area contributed by atoms with E-state index in [4.69, 9.17) is 10.2 Å². The molecule has 1 saturated heterocycles. The lowest BCUT2D eigenvalue weighted by Gasteiger charge is -2.38. The average molecular weight is 271 g/mol. The lowest BCUT2D eigenvalue weighted by Crippen LogP contribution is -2.39. The number of rotatable bonds is 1. The van der Waals surface area contributed by atoms with Gasteiger partial charge < -0.3 is 15.1 Å². The molecule has 4 rings (SSSR count). The fraction of sp³-hybridized carbons (Fsp3) is 0.562. The molecular formula is C16H21N3O. The van der Waals surface area contributed by atoms with Gasteiger partial charge in [0.25, 0.3) is 6.01 Å². The first kappa shape index (κ1) is 12.1. The van der Waals surface area contributed by atoms with Crippen molar-refractivity contribution in [1.29, 1.82) is 0 Å². The molecule has 106 valence electrons. The van der Waals surface area contributed by atoms with Crippen LogP contribution in [-0.4, -0.2) is 18.1 Å². The Bertz CT molecular complexity index is 618. The number of oxazole rings is 1. The van der Waals surface area contributed by atoms with Crippen molar-refractivity contribution in [1.82, 2.24) is 4.98 Å². The van der Waals surface area contributed by atoms with E-state index in [1.807, 2.05) is 18.2 Å². The summed E-state index contributed by atoms with van der Waals surface area (Å²) < 4.78 is 5.87. The first-order chi connectivity index (χ1) is 9.76. The molecular weight excluding hydrogens is 250 g/mol. The van der Waals surface area contributed by atoms with Gasteiger partial charge in [0, 0.05) is 13.1 Å². The maximum absolute atomic E-state index is 5.95. The maximum Gasteiger partial charge on any atom is 0.298 e. The smallest absolute Gasteiger partial charge is 0.298 e. The van der Waals surface area contributed by atoms with Crippen LogP contribution in [0.25, 0.3) is 11.1 Å². The van der Waals surface area contributed by atoms with Gasteiger partial charge >= 0.3 is 0 Å². The molecule has 2 N–H and O–H groups in total. The third kappa shape index (κ3) is 1.86. The molecule has 1 aromatic carbocycles. The van der Waals surface area contributed by atoms with E-state index in [2.05, 4.69) is 9.88 Å². The molecule has 2 aliphatic rings. The minimum atomic E-state index is 0.627. The normalized spacial score (nSPS) is 21.9.